The molecule has 1 aliphatic carbocycles. The maximum Gasteiger partial charge on any atom is 0.127 e. The van der Waals surface area contributed by atoms with Crippen molar-refractivity contribution in [2.24, 2.45) is 5.41 Å². The molecule has 1 unspecified atom stereocenters. The van der Waals surface area contributed by atoms with Crippen molar-refractivity contribution in [2.75, 3.05) is 27.4 Å². The van der Waals surface area contributed by atoms with Crippen molar-refractivity contribution >= 4 is 12.4 Å². The Morgan fingerprint density at radius 1 is 1.18 bits per heavy atom. The fourth-order valence-corrected chi connectivity index (χ4v) is 3.62. The van der Waals surface area contributed by atoms with Crippen LogP contribution in [0.15, 0.2) is 18.2 Å². The highest BCUT2D eigenvalue weighted by Gasteiger charge is 2.46. The summed E-state index contributed by atoms with van der Waals surface area (Å²) >= 11 is 0. The van der Waals surface area contributed by atoms with E-state index in [0.29, 0.717) is 11.5 Å². The summed E-state index contributed by atoms with van der Waals surface area (Å²) in [5, 5.41) is 3.73. The second-order valence-corrected chi connectivity index (χ2v) is 6.12. The van der Waals surface area contributed by atoms with Gasteiger partial charge in [-0.05, 0) is 37.2 Å². The quantitative estimate of drug-likeness (QED) is 0.901. The van der Waals surface area contributed by atoms with Gasteiger partial charge in [0.2, 0.25) is 0 Å². The van der Waals surface area contributed by atoms with E-state index in [1.165, 1.54) is 31.2 Å². The lowest BCUT2D eigenvalue weighted by Gasteiger charge is -2.52. The number of hydrogen-bond acceptors (Lipinski definition) is 4. The Morgan fingerprint density at radius 3 is 2.55 bits per heavy atom. The molecule has 4 nitrogen and oxygen atoms in total. The number of hydrogen-bond donors (Lipinski definition) is 1. The summed E-state index contributed by atoms with van der Waals surface area (Å²) in [4.78, 5) is 0. The van der Waals surface area contributed by atoms with Gasteiger partial charge in [-0.25, -0.2) is 0 Å². The highest BCUT2D eigenvalue weighted by molar-refractivity contribution is 5.85. The van der Waals surface area contributed by atoms with Gasteiger partial charge in [0, 0.05) is 37.4 Å². The average Bonchev–Trinajstić information content (AvgIpc) is 2.55. The predicted molar refractivity (Wildman–Crippen MR) is 89.1 cm³/mol. The molecule has 1 aromatic carbocycles. The van der Waals surface area contributed by atoms with E-state index in [2.05, 4.69) is 11.4 Å². The molecule has 124 valence electrons. The first-order chi connectivity index (χ1) is 10.3. The molecule has 1 spiro atoms. The zero-order chi connectivity index (χ0) is 14.7. The van der Waals surface area contributed by atoms with Crippen molar-refractivity contribution in [2.45, 2.75) is 38.3 Å². The number of ether oxygens (including phenoxy) is 3. The number of nitrogens with one attached hydrogen (secondary N) is 1. The van der Waals surface area contributed by atoms with Crippen molar-refractivity contribution < 1.29 is 14.2 Å². The van der Waals surface area contributed by atoms with E-state index in [1.807, 2.05) is 12.1 Å². The monoisotopic (exact) mass is 327 g/mol. The SMILES string of the molecule is COc1ccc(CNC2CCC23CCOCC3)c(OC)c1.Cl. The van der Waals surface area contributed by atoms with Gasteiger partial charge in [0.15, 0.2) is 0 Å². The fourth-order valence-electron chi connectivity index (χ4n) is 3.62. The molecule has 1 aromatic rings. The first kappa shape index (κ1) is 17.4. The average molecular weight is 328 g/mol. The topological polar surface area (TPSA) is 39.7 Å². The zero-order valence-electron chi connectivity index (χ0n) is 13.4. The molecule has 2 fully saturated rings. The van der Waals surface area contributed by atoms with E-state index in [4.69, 9.17) is 14.2 Å². The molecule has 1 saturated carbocycles. The van der Waals surface area contributed by atoms with Crippen LogP contribution in [-0.4, -0.2) is 33.5 Å². The molecule has 1 atom stereocenters. The molecule has 5 heteroatoms. The molecule has 2 aliphatic rings. The van der Waals surface area contributed by atoms with Gasteiger partial charge in [-0.1, -0.05) is 6.07 Å². The van der Waals surface area contributed by atoms with Crippen LogP contribution in [0.5, 0.6) is 11.5 Å². The minimum absolute atomic E-state index is 0. The Kier molecular flexibility index (Phi) is 5.95. The third kappa shape index (κ3) is 3.34. The summed E-state index contributed by atoms with van der Waals surface area (Å²) in [6.45, 7) is 2.69. The van der Waals surface area contributed by atoms with Crippen LogP contribution in [0, 0.1) is 5.41 Å². The number of methoxy groups -OCH3 is 2. The second-order valence-electron chi connectivity index (χ2n) is 6.12. The lowest BCUT2D eigenvalue weighted by molar-refractivity contribution is -0.0552. The standard InChI is InChI=1S/C17H25NO3.ClH/c1-19-14-4-3-13(15(11-14)20-2)12-18-16-5-6-17(16)7-9-21-10-8-17;/h3-4,11,16,18H,5-10,12H2,1-2H3;1H. The Labute approximate surface area is 138 Å². The van der Waals surface area contributed by atoms with Gasteiger partial charge in [0.05, 0.1) is 14.2 Å². The van der Waals surface area contributed by atoms with E-state index in [9.17, 15) is 0 Å². The fraction of sp³-hybridized carbons (Fsp3) is 0.647. The van der Waals surface area contributed by atoms with Crippen molar-refractivity contribution in [3.05, 3.63) is 23.8 Å². The molecule has 1 N–H and O–H groups in total. The summed E-state index contributed by atoms with van der Waals surface area (Å²) in [5.41, 5.74) is 1.67. The van der Waals surface area contributed by atoms with Crippen molar-refractivity contribution in [3.8, 4) is 11.5 Å². The smallest absolute Gasteiger partial charge is 0.127 e. The molecule has 1 aliphatic heterocycles. The second kappa shape index (κ2) is 7.53. The van der Waals surface area contributed by atoms with Gasteiger partial charge in [0.1, 0.15) is 11.5 Å². The molecule has 1 heterocycles. The third-order valence-electron chi connectivity index (χ3n) is 5.19. The molecular weight excluding hydrogens is 302 g/mol. The Hall–Kier alpha value is -0.970. The van der Waals surface area contributed by atoms with Crippen molar-refractivity contribution in [3.63, 3.8) is 0 Å². The van der Waals surface area contributed by atoms with Gasteiger partial charge in [-0.15, -0.1) is 12.4 Å². The van der Waals surface area contributed by atoms with E-state index in [-0.39, 0.29) is 12.4 Å². The van der Waals surface area contributed by atoms with Crippen molar-refractivity contribution in [1.82, 2.24) is 5.32 Å². The lowest BCUT2D eigenvalue weighted by Crippen LogP contribution is -2.55. The maximum atomic E-state index is 5.51. The van der Waals surface area contributed by atoms with E-state index in [1.54, 1.807) is 14.2 Å². The van der Waals surface area contributed by atoms with Crippen LogP contribution in [0.4, 0.5) is 0 Å². The van der Waals surface area contributed by atoms with Crippen LogP contribution < -0.4 is 14.8 Å². The van der Waals surface area contributed by atoms with Crippen LogP contribution in [0.1, 0.15) is 31.2 Å². The molecule has 1 saturated heterocycles. The van der Waals surface area contributed by atoms with Gasteiger partial charge < -0.3 is 19.5 Å². The number of halogens is 1. The molecular formula is C17H26ClNO3. The first-order valence-electron chi connectivity index (χ1n) is 7.79. The van der Waals surface area contributed by atoms with E-state index in [0.717, 1.165) is 31.3 Å². The van der Waals surface area contributed by atoms with Gasteiger partial charge in [-0.2, -0.15) is 0 Å². The highest BCUT2D eigenvalue weighted by atomic mass is 35.5. The van der Waals surface area contributed by atoms with Gasteiger partial charge in [-0.3, -0.25) is 0 Å². The van der Waals surface area contributed by atoms with Crippen LogP contribution in [0.2, 0.25) is 0 Å². The first-order valence-corrected chi connectivity index (χ1v) is 7.79. The van der Waals surface area contributed by atoms with E-state index < -0.39 is 0 Å². The molecule has 0 amide bonds. The minimum Gasteiger partial charge on any atom is -0.497 e. The zero-order valence-corrected chi connectivity index (χ0v) is 14.2. The third-order valence-corrected chi connectivity index (χ3v) is 5.19. The van der Waals surface area contributed by atoms with Crippen LogP contribution in [0.3, 0.4) is 0 Å². The summed E-state index contributed by atoms with van der Waals surface area (Å²) in [7, 11) is 3.39. The van der Waals surface area contributed by atoms with Gasteiger partial charge >= 0.3 is 0 Å². The lowest BCUT2D eigenvalue weighted by atomic mass is 9.60. The predicted octanol–water partition coefficient (Wildman–Crippen LogP) is 3.17. The van der Waals surface area contributed by atoms with Crippen LogP contribution in [-0.2, 0) is 11.3 Å². The van der Waals surface area contributed by atoms with Gasteiger partial charge in [0.25, 0.3) is 0 Å². The summed E-state index contributed by atoms with van der Waals surface area (Å²) in [5.74, 6) is 1.72. The summed E-state index contributed by atoms with van der Waals surface area (Å²) in [6.07, 6.45) is 5.01. The summed E-state index contributed by atoms with van der Waals surface area (Å²) < 4.78 is 16.2. The molecule has 0 radical (unpaired) electrons. The normalized spacial score (nSPS) is 22.5. The number of rotatable bonds is 5. The molecule has 0 bridgehead atoms. The molecule has 3 rings (SSSR count). The number of benzene rings is 1. The Morgan fingerprint density at radius 2 is 1.95 bits per heavy atom. The van der Waals surface area contributed by atoms with Crippen molar-refractivity contribution in [1.29, 1.82) is 0 Å². The summed E-state index contributed by atoms with van der Waals surface area (Å²) in [6, 6.07) is 6.64. The maximum absolute atomic E-state index is 5.51. The highest BCUT2D eigenvalue weighted by Crippen LogP contribution is 2.48. The van der Waals surface area contributed by atoms with Crippen LogP contribution in [0.25, 0.3) is 0 Å². The Balaban J connectivity index is 0.00000176. The molecule has 22 heavy (non-hydrogen) atoms. The Bertz CT molecular complexity index is 489. The van der Waals surface area contributed by atoms with Crippen LogP contribution >= 0.6 is 12.4 Å². The molecule has 0 aromatic heterocycles. The minimum atomic E-state index is 0. The largest absolute Gasteiger partial charge is 0.497 e. The van der Waals surface area contributed by atoms with E-state index >= 15 is 0 Å².